The zero-order chi connectivity index (χ0) is 73.3. The first kappa shape index (κ1) is 75.1. The summed E-state index contributed by atoms with van der Waals surface area (Å²) in [6, 6.07) is 10.8. The van der Waals surface area contributed by atoms with E-state index in [4.69, 9.17) is 15.9 Å². The van der Waals surface area contributed by atoms with Crippen molar-refractivity contribution in [2.45, 2.75) is 143 Å². The van der Waals surface area contributed by atoms with Crippen molar-refractivity contribution >= 4 is 104 Å². The summed E-state index contributed by atoms with van der Waals surface area (Å²) < 4.78 is 35.6. The maximum absolute atomic E-state index is 15.2. The van der Waals surface area contributed by atoms with Gasteiger partial charge in [-0.05, 0) is 135 Å². The lowest BCUT2D eigenvalue weighted by molar-refractivity contribution is -0.147. The number of aromatic hydroxyl groups is 1. The number of carboxylic acid groups (broad SMARTS) is 1. The maximum atomic E-state index is 15.2. The summed E-state index contributed by atoms with van der Waals surface area (Å²) in [7, 11) is 0. The van der Waals surface area contributed by atoms with Gasteiger partial charge in [0.05, 0.1) is 18.4 Å². The number of aromatic amines is 3. The Balaban J connectivity index is 0.997. The SMILES string of the molecule is C[C@@]12CCCN1C(=O)[C@H](Cc1ccc(O)cc1)NC(=O)[C@H](Cc1c[nH]cn1)NC(=O)[C@H](CC(=O)O)NC(=O)[C@H](Cc1c[nH]c3ccc(F)cc13)NC(=O)[C@H](CCc1c[nH]c3ccc(F)cc13)NC(=O)c1coc(n1)[C@H](CCCCN)NC(=O)CCSCc1cccc(c1)CSC[C@@H](C(N)=O)NC2=O. The Bertz CT molecular complexity index is 4380. The number of aryl methyl sites for hydroxylation is 1. The number of hydrogen-bond donors (Lipinski definition) is 14. The molecule has 16 N–H and O–H groups in total. The Morgan fingerprint density at radius 3 is 2.01 bits per heavy atom. The van der Waals surface area contributed by atoms with E-state index in [1.54, 1.807) is 6.20 Å². The molecule has 8 atom stereocenters. The number of rotatable bonds is 16. The van der Waals surface area contributed by atoms with Crippen LogP contribution in [0.4, 0.5) is 8.78 Å². The molecule has 0 spiro atoms. The van der Waals surface area contributed by atoms with E-state index < -0.39 is 132 Å². The zero-order valence-corrected chi connectivity index (χ0v) is 57.8. The van der Waals surface area contributed by atoms with Crippen molar-refractivity contribution in [2.24, 2.45) is 11.5 Å². The van der Waals surface area contributed by atoms with Crippen molar-refractivity contribution < 1.29 is 71.4 Å². The number of oxazole rings is 1. The van der Waals surface area contributed by atoms with Crippen molar-refractivity contribution in [3.8, 4) is 5.75 Å². The van der Waals surface area contributed by atoms with Crippen LogP contribution in [0.1, 0.15) is 114 Å². The summed E-state index contributed by atoms with van der Waals surface area (Å²) in [6.07, 6.45) is 6.38. The first-order valence-corrected chi connectivity index (χ1v) is 35.9. The molecule has 6 heterocycles. The Kier molecular flexibility index (Phi) is 25.4. The van der Waals surface area contributed by atoms with Gasteiger partial charge < -0.3 is 83.2 Å². The van der Waals surface area contributed by atoms with Gasteiger partial charge in [0.1, 0.15) is 71.5 Å². The molecule has 0 aliphatic carbocycles. The molecule has 4 aromatic heterocycles. The number of fused-ring (bicyclic) bond motifs is 7. The summed E-state index contributed by atoms with van der Waals surface area (Å²) in [5.74, 6) is -9.51. The Labute approximate surface area is 598 Å². The second-order valence-corrected chi connectivity index (χ2v) is 27.8. The second-order valence-electron chi connectivity index (χ2n) is 25.7. The topological polar surface area (TPSA) is 437 Å². The minimum absolute atomic E-state index is 0.0106. The van der Waals surface area contributed by atoms with E-state index in [1.165, 1.54) is 115 Å². The van der Waals surface area contributed by atoms with Crippen molar-refractivity contribution in [1.29, 1.82) is 0 Å². The van der Waals surface area contributed by atoms with E-state index >= 15 is 23.6 Å². The lowest BCUT2D eigenvalue weighted by Crippen LogP contribution is -2.63. The average Bonchev–Trinajstić information content (AvgIpc) is 1.70. The van der Waals surface area contributed by atoms with E-state index in [0.717, 1.165) is 17.4 Å². The number of imidazole rings is 1. The van der Waals surface area contributed by atoms with Gasteiger partial charge in [0.2, 0.25) is 53.1 Å². The van der Waals surface area contributed by atoms with Crippen LogP contribution < -0.4 is 48.7 Å². The quantitative estimate of drug-likeness (QED) is 0.0595. The van der Waals surface area contributed by atoms with Crippen molar-refractivity contribution in [2.75, 3.05) is 24.6 Å². The number of aromatic nitrogens is 5. The van der Waals surface area contributed by atoms with Crippen LogP contribution in [0.3, 0.4) is 0 Å². The fraction of sp³-hybridized carbons (Fsp3) is 0.380. The molecule has 1 fully saturated rings. The molecule has 544 valence electrons. The lowest BCUT2D eigenvalue weighted by atomic mass is 9.95. The Morgan fingerprint density at radius 2 is 1.34 bits per heavy atom. The number of hydrogen-bond acceptors (Lipinski definition) is 17. The molecule has 1 saturated heterocycles. The number of carboxylic acids is 1. The number of nitrogens with two attached hydrogens (primary N) is 2. The van der Waals surface area contributed by atoms with Crippen molar-refractivity contribution in [3.63, 3.8) is 0 Å². The summed E-state index contributed by atoms with van der Waals surface area (Å²) in [5, 5.41) is 40.2. The highest BCUT2D eigenvalue weighted by atomic mass is 32.2. The fourth-order valence-electron chi connectivity index (χ4n) is 12.5. The molecule has 0 saturated carbocycles. The molecular weight excluding hydrogens is 1370 g/mol. The summed E-state index contributed by atoms with van der Waals surface area (Å²) in [5.41, 5.74) is 14.1. The molecule has 28 nitrogen and oxygen atoms in total. The van der Waals surface area contributed by atoms with Crippen LogP contribution in [0, 0.1) is 11.6 Å². The Hall–Kier alpha value is -10.6. The number of H-pyrrole nitrogens is 3. The average molecular weight is 1450 g/mol. The molecule has 8 aromatic rings. The van der Waals surface area contributed by atoms with Gasteiger partial charge in [-0.15, -0.1) is 0 Å². The predicted octanol–water partition coefficient (Wildman–Crippen LogP) is 4.43. The first-order chi connectivity index (χ1) is 49.5. The number of thioether (sulfide) groups is 2. The number of carbonyl (C=O) groups is 10. The van der Waals surface area contributed by atoms with Gasteiger partial charge in [-0.25, -0.2) is 18.7 Å². The highest BCUT2D eigenvalue weighted by Crippen LogP contribution is 2.32. The minimum Gasteiger partial charge on any atom is -0.508 e. The number of benzene rings is 4. The molecule has 9 amide bonds. The zero-order valence-electron chi connectivity index (χ0n) is 56.2. The minimum atomic E-state index is -2.03. The van der Waals surface area contributed by atoms with Gasteiger partial charge in [0, 0.05) is 95.6 Å². The van der Waals surface area contributed by atoms with E-state index in [1.807, 2.05) is 24.3 Å². The molecule has 4 bridgehead atoms. The van der Waals surface area contributed by atoms with Crippen LogP contribution in [0.2, 0.25) is 0 Å². The summed E-state index contributed by atoms with van der Waals surface area (Å²) in [6.45, 7) is 1.90. The van der Waals surface area contributed by atoms with Gasteiger partial charge in [-0.2, -0.15) is 23.5 Å². The van der Waals surface area contributed by atoms with Crippen LogP contribution in [-0.4, -0.2) is 166 Å². The van der Waals surface area contributed by atoms with Crippen molar-refractivity contribution in [3.05, 3.63) is 173 Å². The molecule has 0 unspecified atom stereocenters. The molecule has 10 rings (SSSR count). The number of amides is 9. The third-order valence-corrected chi connectivity index (χ3v) is 20.2. The number of nitrogens with zero attached hydrogens (tertiary/aromatic N) is 3. The number of nitrogens with one attached hydrogen (secondary N) is 10. The van der Waals surface area contributed by atoms with Crippen LogP contribution in [-0.2, 0) is 80.3 Å². The van der Waals surface area contributed by atoms with E-state index in [-0.39, 0.29) is 84.3 Å². The van der Waals surface area contributed by atoms with E-state index in [9.17, 15) is 43.4 Å². The largest absolute Gasteiger partial charge is 0.508 e. The van der Waals surface area contributed by atoms with E-state index in [2.05, 4.69) is 62.1 Å². The number of unbranched alkanes of at least 4 members (excludes halogenated alkanes) is 1. The maximum Gasteiger partial charge on any atom is 0.305 e. The van der Waals surface area contributed by atoms with Gasteiger partial charge in [0.15, 0.2) is 5.69 Å². The molecule has 0 radical (unpaired) electrons. The molecular formula is C71H81F2N15O13S2. The van der Waals surface area contributed by atoms with Crippen molar-refractivity contribution in [1.82, 2.24) is 67.0 Å². The fourth-order valence-corrected chi connectivity index (χ4v) is 14.5. The molecule has 2 aliphatic rings. The Morgan fingerprint density at radius 1 is 0.699 bits per heavy atom. The number of phenolic OH excluding ortho intramolecular Hbond substituents is 1. The van der Waals surface area contributed by atoms with Gasteiger partial charge >= 0.3 is 5.97 Å². The number of phenols is 1. The molecule has 103 heavy (non-hydrogen) atoms. The molecule has 32 heteroatoms. The second kappa shape index (κ2) is 34.8. The normalized spacial score (nSPS) is 22.2. The lowest BCUT2D eigenvalue weighted by Gasteiger charge is -2.37. The third kappa shape index (κ3) is 19.9. The van der Waals surface area contributed by atoms with Crippen LogP contribution >= 0.6 is 23.5 Å². The first-order valence-electron chi connectivity index (χ1n) is 33.6. The number of halogens is 2. The highest BCUT2D eigenvalue weighted by Gasteiger charge is 2.49. The molecule has 2 aliphatic heterocycles. The third-order valence-electron chi connectivity index (χ3n) is 18.1. The predicted molar refractivity (Wildman–Crippen MR) is 378 cm³/mol. The summed E-state index contributed by atoms with van der Waals surface area (Å²) in [4.78, 5) is 163. The van der Waals surface area contributed by atoms with Gasteiger partial charge in [0.25, 0.3) is 5.91 Å². The smallest absolute Gasteiger partial charge is 0.305 e. The monoisotopic (exact) mass is 1450 g/mol. The number of primary amides is 1. The van der Waals surface area contributed by atoms with Crippen LogP contribution in [0.15, 0.2) is 121 Å². The summed E-state index contributed by atoms with van der Waals surface area (Å²) >= 11 is 2.85. The number of carbonyl (C=O) groups excluding carboxylic acids is 9. The van der Waals surface area contributed by atoms with Crippen LogP contribution in [0.25, 0.3) is 21.8 Å². The number of aliphatic carboxylic acids is 1. The van der Waals surface area contributed by atoms with Gasteiger partial charge in [-0.1, -0.05) is 36.4 Å². The standard InChI is InChI=1S/C71H81F2N15O13S2/c1-71-20-5-22-88(71)69(99)57(25-39-9-14-47(89)15-10-39)85-65(96)55(29-46-33-76-38-79-46)83-66(97)56(30-61(91)92)84-64(95)54(26-43-32-78-51-18-13-45(73)28-49(43)51)82-63(94)52(16-11-42-31-77-50-17-12-44(72)27-48(42)50)81-67(98)58-34-101-68(86-58)53(8-2-3-21-74)80-60(90)19-23-102-35-40-6-4-7-41(24-40)36-103-37-59(62(75)93)87-70(71)100/h4,6-7,9-10,12-15,17-18,24,27-28,31-34,38,52-57,59,77-78,89H,2-3,5,8,11,16,19-23,25-26,29-30,35-37,74H2,1H3,(H2,75,93)(H,76,79)(H,80,90)(H,81,98)(H,82,94)(H,83,97)(H,84,95)(H,85,96)(H,87,100)(H,91,92)/t52-,53-,54-,55-,56-,57-,59-,71-/m0/s1. The highest BCUT2D eigenvalue weighted by molar-refractivity contribution is 7.98. The molecule has 4 aromatic carbocycles. The van der Waals surface area contributed by atoms with E-state index in [0.29, 0.717) is 77.0 Å². The van der Waals surface area contributed by atoms with Crippen LogP contribution in [0.5, 0.6) is 5.75 Å². The van der Waals surface area contributed by atoms with Gasteiger partial charge in [-0.3, -0.25) is 47.9 Å².